The summed E-state index contributed by atoms with van der Waals surface area (Å²) in [5.74, 6) is 1.04. The average molecular weight is 235 g/mol. The van der Waals surface area contributed by atoms with Gasteiger partial charge in [0, 0.05) is 6.20 Å². The van der Waals surface area contributed by atoms with Crippen LogP contribution in [0.25, 0.3) is 0 Å². The van der Waals surface area contributed by atoms with Crippen molar-refractivity contribution in [3.05, 3.63) is 53.9 Å². The summed E-state index contributed by atoms with van der Waals surface area (Å²) in [6.45, 7) is 0. The molecular weight excluding hydrogens is 226 g/mol. The fourth-order valence-electron chi connectivity index (χ4n) is 1.45. The van der Waals surface area contributed by atoms with Gasteiger partial charge in [0.15, 0.2) is 11.4 Å². The molecular formula is C14H9N3O. The maximum Gasteiger partial charge on any atom is 0.183 e. The van der Waals surface area contributed by atoms with Crippen LogP contribution >= 0.6 is 0 Å². The molecule has 0 aliphatic rings. The van der Waals surface area contributed by atoms with Crippen molar-refractivity contribution in [3.63, 3.8) is 0 Å². The Balaban J connectivity index is 2.19. The third kappa shape index (κ3) is 2.63. The van der Waals surface area contributed by atoms with E-state index in [9.17, 15) is 0 Å². The minimum atomic E-state index is 0.249. The molecule has 2 rings (SSSR count). The number of hydrogen-bond acceptors (Lipinski definition) is 4. The van der Waals surface area contributed by atoms with E-state index in [-0.39, 0.29) is 5.69 Å². The molecule has 18 heavy (non-hydrogen) atoms. The van der Waals surface area contributed by atoms with Crippen molar-refractivity contribution in [3.8, 4) is 23.6 Å². The fourth-order valence-corrected chi connectivity index (χ4v) is 1.45. The predicted octanol–water partition coefficient (Wildman–Crippen LogP) is 2.81. The van der Waals surface area contributed by atoms with Gasteiger partial charge in [0.1, 0.15) is 11.8 Å². The van der Waals surface area contributed by atoms with Crippen molar-refractivity contribution in [1.29, 1.82) is 10.5 Å². The number of nitriles is 2. The molecule has 0 unspecified atom stereocenters. The van der Waals surface area contributed by atoms with Gasteiger partial charge in [-0.15, -0.1) is 0 Å². The first kappa shape index (κ1) is 11.6. The van der Waals surface area contributed by atoms with Crippen molar-refractivity contribution < 1.29 is 4.74 Å². The van der Waals surface area contributed by atoms with Gasteiger partial charge in [0.2, 0.25) is 0 Å². The predicted molar refractivity (Wildman–Crippen MR) is 64.8 cm³/mol. The van der Waals surface area contributed by atoms with Crippen molar-refractivity contribution in [2.45, 2.75) is 6.42 Å². The second kappa shape index (κ2) is 5.47. The number of ether oxygens (including phenoxy) is 1. The Bertz CT molecular complexity index is 621. The highest BCUT2D eigenvalue weighted by Gasteiger charge is 2.04. The van der Waals surface area contributed by atoms with Crippen LogP contribution in [-0.2, 0) is 6.42 Å². The highest BCUT2D eigenvalue weighted by molar-refractivity contribution is 5.40. The van der Waals surface area contributed by atoms with Gasteiger partial charge in [-0.25, -0.2) is 4.98 Å². The maximum atomic E-state index is 8.88. The Labute approximate surface area is 105 Å². The highest BCUT2D eigenvalue weighted by Crippen LogP contribution is 2.23. The number of rotatable bonds is 3. The molecule has 0 aliphatic heterocycles. The molecule has 4 nitrogen and oxygen atoms in total. The average Bonchev–Trinajstić information content (AvgIpc) is 2.42. The Morgan fingerprint density at radius 3 is 2.56 bits per heavy atom. The lowest BCUT2D eigenvalue weighted by Gasteiger charge is -2.06. The Morgan fingerprint density at radius 1 is 1.11 bits per heavy atom. The third-order valence-corrected chi connectivity index (χ3v) is 2.31. The zero-order valence-corrected chi connectivity index (χ0v) is 9.50. The first-order chi connectivity index (χ1) is 8.83. The van der Waals surface area contributed by atoms with Crippen molar-refractivity contribution in [2.24, 2.45) is 0 Å². The molecule has 1 aromatic carbocycles. The number of aromatic nitrogens is 1. The lowest BCUT2D eigenvalue weighted by Crippen LogP contribution is -1.91. The van der Waals surface area contributed by atoms with Gasteiger partial charge < -0.3 is 4.74 Å². The minimum Gasteiger partial charge on any atom is -0.454 e. The summed E-state index contributed by atoms with van der Waals surface area (Å²) >= 11 is 0. The SMILES string of the molecule is N#CCc1ccc(Oc2cccnc2C#N)cc1. The van der Waals surface area contributed by atoms with Crippen LogP contribution in [0.5, 0.6) is 11.5 Å². The molecule has 1 heterocycles. The summed E-state index contributed by atoms with van der Waals surface area (Å²) in [6.07, 6.45) is 1.91. The van der Waals surface area contributed by atoms with Gasteiger partial charge >= 0.3 is 0 Å². The molecule has 0 fully saturated rings. The molecule has 0 amide bonds. The molecule has 0 spiro atoms. The van der Waals surface area contributed by atoms with E-state index in [4.69, 9.17) is 15.3 Å². The van der Waals surface area contributed by atoms with Gasteiger partial charge in [-0.05, 0) is 29.8 Å². The van der Waals surface area contributed by atoms with Gasteiger partial charge in [0.25, 0.3) is 0 Å². The zero-order chi connectivity index (χ0) is 12.8. The van der Waals surface area contributed by atoms with E-state index in [1.807, 2.05) is 18.2 Å². The van der Waals surface area contributed by atoms with Crippen molar-refractivity contribution >= 4 is 0 Å². The lowest BCUT2D eigenvalue weighted by atomic mass is 10.2. The van der Waals surface area contributed by atoms with Crippen LogP contribution in [0.3, 0.4) is 0 Å². The van der Waals surface area contributed by atoms with E-state index in [0.29, 0.717) is 17.9 Å². The van der Waals surface area contributed by atoms with Crippen molar-refractivity contribution in [2.75, 3.05) is 0 Å². The molecule has 0 N–H and O–H groups in total. The lowest BCUT2D eigenvalue weighted by molar-refractivity contribution is 0.478. The van der Waals surface area contributed by atoms with Crippen LogP contribution in [0.1, 0.15) is 11.3 Å². The maximum absolute atomic E-state index is 8.88. The standard InChI is InChI=1S/C14H9N3O/c15-8-7-11-3-5-12(6-4-11)18-14-2-1-9-17-13(14)10-16/h1-6,9H,7H2. The second-order valence-electron chi connectivity index (χ2n) is 3.54. The largest absolute Gasteiger partial charge is 0.454 e. The topological polar surface area (TPSA) is 69.7 Å². The van der Waals surface area contributed by atoms with Crippen molar-refractivity contribution in [1.82, 2.24) is 4.98 Å². The van der Waals surface area contributed by atoms with Crippen LogP contribution in [0.4, 0.5) is 0 Å². The summed E-state index contributed by atoms with van der Waals surface area (Å²) < 4.78 is 5.57. The number of benzene rings is 1. The third-order valence-electron chi connectivity index (χ3n) is 2.31. The summed E-state index contributed by atoms with van der Waals surface area (Å²) in [4.78, 5) is 3.91. The molecule has 0 atom stereocenters. The van der Waals surface area contributed by atoms with E-state index in [1.54, 1.807) is 30.5 Å². The summed E-state index contributed by atoms with van der Waals surface area (Å²) in [6, 6.07) is 14.6. The Morgan fingerprint density at radius 2 is 1.89 bits per heavy atom. The summed E-state index contributed by atoms with van der Waals surface area (Å²) in [5.41, 5.74) is 1.18. The number of hydrogen-bond donors (Lipinski definition) is 0. The van der Waals surface area contributed by atoms with Gasteiger partial charge in [-0.2, -0.15) is 10.5 Å². The van der Waals surface area contributed by atoms with Gasteiger partial charge in [0.05, 0.1) is 12.5 Å². The molecule has 0 saturated heterocycles. The van der Waals surface area contributed by atoms with Crippen LogP contribution in [0.2, 0.25) is 0 Å². The van der Waals surface area contributed by atoms with Crippen LogP contribution in [0, 0.1) is 22.7 Å². The molecule has 0 radical (unpaired) electrons. The van der Waals surface area contributed by atoms with Gasteiger partial charge in [-0.3, -0.25) is 0 Å². The minimum absolute atomic E-state index is 0.249. The molecule has 0 saturated carbocycles. The molecule has 0 aliphatic carbocycles. The Hall–Kier alpha value is -2.85. The normalized spacial score (nSPS) is 9.22. The van der Waals surface area contributed by atoms with E-state index < -0.39 is 0 Å². The number of nitrogens with zero attached hydrogens (tertiary/aromatic N) is 3. The smallest absolute Gasteiger partial charge is 0.183 e. The molecule has 86 valence electrons. The first-order valence-corrected chi connectivity index (χ1v) is 5.32. The number of pyridine rings is 1. The van der Waals surface area contributed by atoms with Crippen LogP contribution in [-0.4, -0.2) is 4.98 Å². The zero-order valence-electron chi connectivity index (χ0n) is 9.50. The molecule has 4 heteroatoms. The van der Waals surface area contributed by atoms with E-state index >= 15 is 0 Å². The molecule has 2 aromatic rings. The molecule has 0 bridgehead atoms. The monoisotopic (exact) mass is 235 g/mol. The summed E-state index contributed by atoms with van der Waals surface area (Å²) in [5, 5.41) is 17.4. The quantitative estimate of drug-likeness (QED) is 0.820. The van der Waals surface area contributed by atoms with Crippen LogP contribution in [0.15, 0.2) is 42.6 Å². The second-order valence-corrected chi connectivity index (χ2v) is 3.54. The first-order valence-electron chi connectivity index (χ1n) is 5.32. The fraction of sp³-hybridized carbons (Fsp3) is 0.0714. The summed E-state index contributed by atoms with van der Waals surface area (Å²) in [7, 11) is 0. The molecule has 1 aromatic heterocycles. The van der Waals surface area contributed by atoms with Crippen LogP contribution < -0.4 is 4.74 Å². The van der Waals surface area contributed by atoms with E-state index in [1.165, 1.54) is 0 Å². The highest BCUT2D eigenvalue weighted by atomic mass is 16.5. The van der Waals surface area contributed by atoms with E-state index in [2.05, 4.69) is 11.1 Å². The van der Waals surface area contributed by atoms with E-state index in [0.717, 1.165) is 5.56 Å². The van der Waals surface area contributed by atoms with Gasteiger partial charge in [-0.1, -0.05) is 12.1 Å². The Kier molecular flexibility index (Phi) is 3.53.